The van der Waals surface area contributed by atoms with Gasteiger partial charge in [-0.3, -0.25) is 29.5 Å². The van der Waals surface area contributed by atoms with Crippen molar-refractivity contribution in [2.45, 2.75) is 38.5 Å². The van der Waals surface area contributed by atoms with E-state index in [1.54, 1.807) is 4.90 Å². The molecule has 7 nitrogen and oxygen atoms in total. The van der Waals surface area contributed by atoms with Crippen LogP contribution < -0.4 is 5.32 Å². The number of nitrogens with one attached hydrogen (secondary N) is 1. The number of benzene rings is 3. The second-order valence-electron chi connectivity index (χ2n) is 10.3. The van der Waals surface area contributed by atoms with E-state index in [2.05, 4.69) is 57.6 Å². The first-order valence-corrected chi connectivity index (χ1v) is 13.4. The average Bonchev–Trinajstić information content (AvgIpc) is 3.48. The van der Waals surface area contributed by atoms with E-state index >= 15 is 0 Å². The van der Waals surface area contributed by atoms with Crippen LogP contribution in [0, 0.1) is 0 Å². The first kappa shape index (κ1) is 24.8. The number of piperidine rings is 1. The Morgan fingerprint density at radius 1 is 0.868 bits per heavy atom. The molecule has 0 aliphatic carbocycles. The molecule has 194 valence electrons. The standard InChI is InChI=1S/C30H29ClN4O3/c31-24-8-6-21(7-9-24)25-4-2-1-3-22(25)17-34-14-13-33(19-34)16-20-5-10-26-23(15-20)18-35(30(26)38)27-11-12-28(36)32-29(27)37/h1-10,15,27H,11-14,16-19H2,(H,32,36,37). The number of amides is 3. The molecular weight excluding hydrogens is 500 g/mol. The van der Waals surface area contributed by atoms with Crippen molar-refractivity contribution in [1.29, 1.82) is 0 Å². The van der Waals surface area contributed by atoms with Gasteiger partial charge in [-0.1, -0.05) is 60.1 Å². The minimum atomic E-state index is -0.584. The number of carbonyl (C=O) groups is 3. The summed E-state index contributed by atoms with van der Waals surface area (Å²) < 4.78 is 0. The highest BCUT2D eigenvalue weighted by Crippen LogP contribution is 2.30. The highest BCUT2D eigenvalue weighted by Gasteiger charge is 2.39. The van der Waals surface area contributed by atoms with Crippen molar-refractivity contribution in [3.05, 3.63) is 94.0 Å². The normalized spacial score (nSPS) is 20.2. The molecule has 1 unspecified atom stereocenters. The monoisotopic (exact) mass is 528 g/mol. The molecule has 38 heavy (non-hydrogen) atoms. The van der Waals surface area contributed by atoms with Gasteiger partial charge in [0.05, 0.1) is 6.67 Å². The van der Waals surface area contributed by atoms with Crippen molar-refractivity contribution < 1.29 is 14.4 Å². The molecule has 1 N–H and O–H groups in total. The van der Waals surface area contributed by atoms with Crippen LogP contribution in [0.1, 0.15) is 39.9 Å². The fraction of sp³-hybridized carbons (Fsp3) is 0.300. The Morgan fingerprint density at radius 3 is 2.42 bits per heavy atom. The van der Waals surface area contributed by atoms with Crippen molar-refractivity contribution in [3.63, 3.8) is 0 Å². The Balaban J connectivity index is 1.09. The Morgan fingerprint density at radius 2 is 1.63 bits per heavy atom. The molecule has 3 aliphatic heterocycles. The van der Waals surface area contributed by atoms with E-state index in [1.807, 2.05) is 24.3 Å². The maximum absolute atomic E-state index is 13.0. The van der Waals surface area contributed by atoms with E-state index in [0.29, 0.717) is 18.5 Å². The van der Waals surface area contributed by atoms with E-state index in [-0.39, 0.29) is 24.1 Å². The van der Waals surface area contributed by atoms with Crippen molar-refractivity contribution in [2.75, 3.05) is 19.8 Å². The second kappa shape index (κ2) is 10.3. The Hall–Kier alpha value is -3.52. The van der Waals surface area contributed by atoms with Crippen LogP contribution in [0.2, 0.25) is 5.02 Å². The van der Waals surface area contributed by atoms with Gasteiger partial charge in [-0.05, 0) is 52.4 Å². The molecule has 3 aromatic rings. The van der Waals surface area contributed by atoms with Crippen LogP contribution in [0.25, 0.3) is 11.1 Å². The first-order valence-electron chi connectivity index (χ1n) is 13.0. The van der Waals surface area contributed by atoms with Crippen LogP contribution in [0.4, 0.5) is 0 Å². The molecule has 0 aromatic heterocycles. The quantitative estimate of drug-likeness (QED) is 0.489. The van der Waals surface area contributed by atoms with Gasteiger partial charge in [-0.25, -0.2) is 0 Å². The topological polar surface area (TPSA) is 73.0 Å². The number of halogens is 1. The lowest BCUT2D eigenvalue weighted by molar-refractivity contribution is -0.136. The third-order valence-electron chi connectivity index (χ3n) is 7.69. The third-order valence-corrected chi connectivity index (χ3v) is 7.95. The number of hydrogen-bond acceptors (Lipinski definition) is 5. The summed E-state index contributed by atoms with van der Waals surface area (Å²) in [6.07, 6.45) is 0.638. The van der Waals surface area contributed by atoms with E-state index < -0.39 is 6.04 Å². The lowest BCUT2D eigenvalue weighted by Crippen LogP contribution is -2.52. The van der Waals surface area contributed by atoms with Crippen LogP contribution in [-0.2, 0) is 29.2 Å². The van der Waals surface area contributed by atoms with Gasteiger partial charge >= 0.3 is 0 Å². The van der Waals surface area contributed by atoms with Crippen LogP contribution >= 0.6 is 11.6 Å². The number of hydrogen-bond donors (Lipinski definition) is 1. The van der Waals surface area contributed by atoms with Gasteiger partial charge in [-0.2, -0.15) is 0 Å². The molecule has 3 heterocycles. The largest absolute Gasteiger partial charge is 0.322 e. The third kappa shape index (κ3) is 4.97. The molecule has 3 aromatic carbocycles. The van der Waals surface area contributed by atoms with Gasteiger partial charge in [0, 0.05) is 49.7 Å². The number of carbonyl (C=O) groups excluding carboxylic acids is 3. The molecule has 1 atom stereocenters. The summed E-state index contributed by atoms with van der Waals surface area (Å²) in [5, 5.41) is 3.10. The smallest absolute Gasteiger partial charge is 0.255 e. The number of imide groups is 1. The lowest BCUT2D eigenvalue weighted by Gasteiger charge is -2.29. The van der Waals surface area contributed by atoms with Crippen molar-refractivity contribution in [3.8, 4) is 11.1 Å². The molecule has 3 amide bonds. The summed E-state index contributed by atoms with van der Waals surface area (Å²) in [5.74, 6) is -0.781. The van der Waals surface area contributed by atoms with E-state index in [1.165, 1.54) is 16.7 Å². The van der Waals surface area contributed by atoms with Gasteiger partial charge in [-0.15, -0.1) is 0 Å². The van der Waals surface area contributed by atoms with Crippen LogP contribution in [0.3, 0.4) is 0 Å². The molecule has 2 fully saturated rings. The summed E-state index contributed by atoms with van der Waals surface area (Å²) in [5.41, 5.74) is 6.45. The highest BCUT2D eigenvalue weighted by molar-refractivity contribution is 6.30. The summed E-state index contributed by atoms with van der Waals surface area (Å²) >= 11 is 6.09. The minimum absolute atomic E-state index is 0.132. The molecule has 0 saturated carbocycles. The summed E-state index contributed by atoms with van der Waals surface area (Å²) in [4.78, 5) is 43.3. The molecule has 0 bridgehead atoms. The Labute approximate surface area is 227 Å². The molecule has 0 spiro atoms. The number of nitrogens with zero attached hydrogens (tertiary/aromatic N) is 3. The zero-order chi connectivity index (χ0) is 26.2. The zero-order valence-electron chi connectivity index (χ0n) is 21.0. The first-order chi connectivity index (χ1) is 18.4. The van der Waals surface area contributed by atoms with Gasteiger partial charge < -0.3 is 4.90 Å². The molecular formula is C30H29ClN4O3. The molecule has 3 aliphatic rings. The molecule has 6 rings (SSSR count). The second-order valence-corrected chi connectivity index (χ2v) is 10.7. The fourth-order valence-electron chi connectivity index (χ4n) is 5.76. The van der Waals surface area contributed by atoms with E-state index in [9.17, 15) is 14.4 Å². The fourth-order valence-corrected chi connectivity index (χ4v) is 5.89. The van der Waals surface area contributed by atoms with Gasteiger partial charge in [0.2, 0.25) is 11.8 Å². The van der Waals surface area contributed by atoms with E-state index in [4.69, 9.17) is 11.6 Å². The molecule has 2 saturated heterocycles. The van der Waals surface area contributed by atoms with Crippen molar-refractivity contribution in [2.24, 2.45) is 0 Å². The van der Waals surface area contributed by atoms with Crippen LogP contribution in [-0.4, -0.2) is 58.2 Å². The predicted molar refractivity (Wildman–Crippen MR) is 145 cm³/mol. The van der Waals surface area contributed by atoms with Crippen molar-refractivity contribution in [1.82, 2.24) is 20.0 Å². The molecule has 0 radical (unpaired) electrons. The highest BCUT2D eigenvalue weighted by atomic mass is 35.5. The number of rotatable bonds is 6. The summed E-state index contributed by atoms with van der Waals surface area (Å²) in [6, 6.07) is 21.9. The number of fused-ring (bicyclic) bond motifs is 1. The Bertz CT molecular complexity index is 1410. The van der Waals surface area contributed by atoms with Crippen LogP contribution in [0.15, 0.2) is 66.7 Å². The average molecular weight is 529 g/mol. The van der Waals surface area contributed by atoms with Gasteiger partial charge in [0.15, 0.2) is 0 Å². The summed E-state index contributed by atoms with van der Waals surface area (Å²) in [6.45, 7) is 4.91. The maximum Gasteiger partial charge on any atom is 0.255 e. The summed E-state index contributed by atoms with van der Waals surface area (Å²) in [7, 11) is 0. The van der Waals surface area contributed by atoms with E-state index in [0.717, 1.165) is 49.0 Å². The van der Waals surface area contributed by atoms with Gasteiger partial charge in [0.1, 0.15) is 6.04 Å². The SMILES string of the molecule is O=C1CCC(N2Cc3cc(CN4CCN(Cc5ccccc5-c5ccc(Cl)cc5)C4)ccc3C2=O)C(=O)N1. The van der Waals surface area contributed by atoms with Crippen molar-refractivity contribution >= 4 is 29.3 Å². The van der Waals surface area contributed by atoms with Gasteiger partial charge in [0.25, 0.3) is 5.91 Å². The zero-order valence-corrected chi connectivity index (χ0v) is 21.8. The maximum atomic E-state index is 13.0. The predicted octanol–water partition coefficient (Wildman–Crippen LogP) is 4.04. The minimum Gasteiger partial charge on any atom is -0.322 e. The van der Waals surface area contributed by atoms with Crippen LogP contribution in [0.5, 0.6) is 0 Å². The molecule has 8 heteroatoms. The lowest BCUT2D eigenvalue weighted by atomic mass is 9.99. The Kier molecular flexibility index (Phi) is 6.74.